The lowest BCUT2D eigenvalue weighted by molar-refractivity contribution is 0.386. The predicted octanol–water partition coefficient (Wildman–Crippen LogP) is 2.56. The molecular formula is C12H13FN2O. The van der Waals surface area contributed by atoms with Crippen LogP contribution in [0.25, 0.3) is 11.3 Å². The van der Waals surface area contributed by atoms with Crippen LogP contribution in [0.5, 0.6) is 0 Å². The molecule has 0 bridgehead atoms. The summed E-state index contributed by atoms with van der Waals surface area (Å²) in [6.45, 7) is 3.93. The smallest absolute Gasteiger partial charge is 0.153 e. The Morgan fingerprint density at radius 2 is 2.12 bits per heavy atom. The molecule has 0 radical (unpaired) electrons. The molecule has 0 aliphatic rings. The monoisotopic (exact) mass is 220 g/mol. The average Bonchev–Trinajstić information content (AvgIpc) is 2.64. The van der Waals surface area contributed by atoms with Gasteiger partial charge in [0.1, 0.15) is 11.5 Å². The van der Waals surface area contributed by atoms with Gasteiger partial charge in [-0.2, -0.15) is 0 Å². The number of aromatic nitrogens is 1. The van der Waals surface area contributed by atoms with Crippen molar-refractivity contribution < 1.29 is 8.91 Å². The number of halogens is 1. The van der Waals surface area contributed by atoms with E-state index in [1.54, 1.807) is 19.1 Å². The fourth-order valence-electron chi connectivity index (χ4n) is 1.62. The lowest BCUT2D eigenvalue weighted by Crippen LogP contribution is -1.96. The zero-order valence-electron chi connectivity index (χ0n) is 9.25. The second kappa shape index (κ2) is 4.06. The molecule has 2 N–H and O–H groups in total. The standard InChI is InChI=1S/C12H13FN2O/c1-7-5-9(3-4-10(7)13)12-8(2)11(6-14)16-15-12/h3-5H,6,14H2,1-2H3. The highest BCUT2D eigenvalue weighted by Gasteiger charge is 2.13. The van der Waals surface area contributed by atoms with Gasteiger partial charge in [-0.25, -0.2) is 4.39 Å². The van der Waals surface area contributed by atoms with E-state index >= 15 is 0 Å². The van der Waals surface area contributed by atoms with E-state index in [2.05, 4.69) is 5.16 Å². The van der Waals surface area contributed by atoms with Crippen LogP contribution in [-0.4, -0.2) is 5.16 Å². The van der Waals surface area contributed by atoms with Crippen LogP contribution >= 0.6 is 0 Å². The Labute approximate surface area is 93.1 Å². The summed E-state index contributed by atoms with van der Waals surface area (Å²) >= 11 is 0. The van der Waals surface area contributed by atoms with Gasteiger partial charge in [-0.1, -0.05) is 5.16 Å². The largest absolute Gasteiger partial charge is 0.359 e. The SMILES string of the molecule is Cc1cc(-c2noc(CN)c2C)ccc1F. The Kier molecular flexibility index (Phi) is 2.75. The topological polar surface area (TPSA) is 52.0 Å². The van der Waals surface area contributed by atoms with Crippen LogP contribution in [0.1, 0.15) is 16.9 Å². The van der Waals surface area contributed by atoms with Gasteiger partial charge in [-0.05, 0) is 37.6 Å². The Balaban J connectivity index is 2.50. The highest BCUT2D eigenvalue weighted by atomic mass is 19.1. The van der Waals surface area contributed by atoms with E-state index in [1.165, 1.54) is 6.07 Å². The molecule has 0 fully saturated rings. The lowest BCUT2D eigenvalue weighted by Gasteiger charge is -2.00. The minimum absolute atomic E-state index is 0.219. The van der Waals surface area contributed by atoms with Gasteiger partial charge in [0.05, 0.1) is 6.54 Å². The summed E-state index contributed by atoms with van der Waals surface area (Å²) in [6.07, 6.45) is 0. The van der Waals surface area contributed by atoms with Gasteiger partial charge in [-0.3, -0.25) is 0 Å². The van der Waals surface area contributed by atoms with Crippen molar-refractivity contribution in [2.45, 2.75) is 20.4 Å². The highest BCUT2D eigenvalue weighted by molar-refractivity contribution is 5.63. The molecule has 0 spiro atoms. The van der Waals surface area contributed by atoms with E-state index in [-0.39, 0.29) is 5.82 Å². The van der Waals surface area contributed by atoms with Crippen molar-refractivity contribution in [3.63, 3.8) is 0 Å². The minimum Gasteiger partial charge on any atom is -0.359 e. The van der Waals surface area contributed by atoms with E-state index < -0.39 is 0 Å². The summed E-state index contributed by atoms with van der Waals surface area (Å²) in [5.41, 5.74) is 8.58. The zero-order valence-corrected chi connectivity index (χ0v) is 9.25. The predicted molar refractivity (Wildman–Crippen MR) is 59.3 cm³/mol. The molecule has 84 valence electrons. The molecule has 16 heavy (non-hydrogen) atoms. The quantitative estimate of drug-likeness (QED) is 0.846. The number of hydrogen-bond acceptors (Lipinski definition) is 3. The Morgan fingerprint density at radius 3 is 2.69 bits per heavy atom. The van der Waals surface area contributed by atoms with Crippen LogP contribution in [0.3, 0.4) is 0 Å². The van der Waals surface area contributed by atoms with Gasteiger partial charge in [0, 0.05) is 11.1 Å². The molecular weight excluding hydrogens is 207 g/mol. The van der Waals surface area contributed by atoms with Gasteiger partial charge in [0.2, 0.25) is 0 Å². The van der Waals surface area contributed by atoms with Gasteiger partial charge in [0.15, 0.2) is 5.76 Å². The number of hydrogen-bond donors (Lipinski definition) is 1. The summed E-state index contributed by atoms with van der Waals surface area (Å²) in [7, 11) is 0. The molecule has 0 aliphatic heterocycles. The molecule has 0 saturated carbocycles. The second-order valence-electron chi connectivity index (χ2n) is 3.75. The van der Waals surface area contributed by atoms with Gasteiger partial charge < -0.3 is 10.3 Å². The minimum atomic E-state index is -0.219. The fraction of sp³-hybridized carbons (Fsp3) is 0.250. The van der Waals surface area contributed by atoms with E-state index in [4.69, 9.17) is 10.3 Å². The van der Waals surface area contributed by atoms with Crippen LogP contribution in [0.15, 0.2) is 22.7 Å². The molecule has 0 unspecified atom stereocenters. The van der Waals surface area contributed by atoms with Gasteiger partial charge in [-0.15, -0.1) is 0 Å². The van der Waals surface area contributed by atoms with Crippen molar-refractivity contribution in [2.24, 2.45) is 5.73 Å². The van der Waals surface area contributed by atoms with E-state index in [0.717, 1.165) is 16.8 Å². The summed E-state index contributed by atoms with van der Waals surface area (Å²) < 4.78 is 18.2. The molecule has 2 aromatic rings. The average molecular weight is 220 g/mol. The molecule has 0 amide bonds. The molecule has 1 aromatic carbocycles. The molecule has 0 atom stereocenters. The Hall–Kier alpha value is -1.68. The molecule has 3 nitrogen and oxygen atoms in total. The van der Waals surface area contributed by atoms with Gasteiger partial charge >= 0.3 is 0 Å². The third-order valence-corrected chi connectivity index (χ3v) is 2.64. The second-order valence-corrected chi connectivity index (χ2v) is 3.75. The van der Waals surface area contributed by atoms with Crippen LogP contribution in [0, 0.1) is 19.7 Å². The maximum atomic E-state index is 13.1. The number of nitrogens with zero attached hydrogens (tertiary/aromatic N) is 1. The Morgan fingerprint density at radius 1 is 1.38 bits per heavy atom. The first-order chi connectivity index (χ1) is 7.63. The number of rotatable bonds is 2. The third-order valence-electron chi connectivity index (χ3n) is 2.64. The molecule has 2 rings (SSSR count). The van der Waals surface area contributed by atoms with Crippen LogP contribution in [-0.2, 0) is 6.54 Å². The number of nitrogens with two attached hydrogens (primary N) is 1. The van der Waals surface area contributed by atoms with Crippen LogP contribution in [0.2, 0.25) is 0 Å². The number of benzene rings is 1. The van der Waals surface area contributed by atoms with Crippen molar-refractivity contribution in [1.29, 1.82) is 0 Å². The summed E-state index contributed by atoms with van der Waals surface area (Å²) in [6, 6.07) is 4.87. The fourth-order valence-corrected chi connectivity index (χ4v) is 1.62. The summed E-state index contributed by atoms with van der Waals surface area (Å²) in [5.74, 6) is 0.445. The highest BCUT2D eigenvalue weighted by Crippen LogP contribution is 2.25. The van der Waals surface area contributed by atoms with E-state index in [1.807, 2.05) is 6.92 Å². The first-order valence-corrected chi connectivity index (χ1v) is 5.05. The molecule has 1 aromatic heterocycles. The molecule has 1 heterocycles. The van der Waals surface area contributed by atoms with Gasteiger partial charge in [0.25, 0.3) is 0 Å². The Bertz CT molecular complexity index is 520. The zero-order chi connectivity index (χ0) is 11.7. The normalized spacial score (nSPS) is 10.8. The maximum Gasteiger partial charge on any atom is 0.153 e. The lowest BCUT2D eigenvalue weighted by atomic mass is 10.0. The van der Waals surface area contributed by atoms with E-state index in [9.17, 15) is 4.39 Å². The number of aryl methyl sites for hydroxylation is 1. The van der Waals surface area contributed by atoms with Crippen LogP contribution < -0.4 is 5.73 Å². The van der Waals surface area contributed by atoms with Crippen molar-refractivity contribution in [1.82, 2.24) is 5.16 Å². The van der Waals surface area contributed by atoms with Crippen molar-refractivity contribution in [2.75, 3.05) is 0 Å². The molecule has 0 saturated heterocycles. The molecule has 0 aliphatic carbocycles. The van der Waals surface area contributed by atoms with Crippen molar-refractivity contribution in [3.05, 3.63) is 40.9 Å². The van der Waals surface area contributed by atoms with Crippen molar-refractivity contribution >= 4 is 0 Å². The van der Waals surface area contributed by atoms with Crippen molar-refractivity contribution in [3.8, 4) is 11.3 Å². The molecule has 4 heteroatoms. The summed E-state index contributed by atoms with van der Waals surface area (Å²) in [5, 5.41) is 3.95. The van der Waals surface area contributed by atoms with E-state index in [0.29, 0.717) is 17.9 Å². The maximum absolute atomic E-state index is 13.1. The first-order valence-electron chi connectivity index (χ1n) is 5.05. The first kappa shape index (κ1) is 10.8. The van der Waals surface area contributed by atoms with Crippen LogP contribution in [0.4, 0.5) is 4.39 Å². The summed E-state index contributed by atoms with van der Waals surface area (Å²) in [4.78, 5) is 0. The third kappa shape index (κ3) is 1.72.